The van der Waals surface area contributed by atoms with Gasteiger partial charge in [0.05, 0.1) is 7.11 Å². The van der Waals surface area contributed by atoms with Crippen molar-refractivity contribution in [2.45, 2.75) is 13.8 Å². The minimum Gasteiger partial charge on any atom is -0.496 e. The predicted octanol–water partition coefficient (Wildman–Crippen LogP) is 3.02. The van der Waals surface area contributed by atoms with Crippen molar-refractivity contribution in [2.75, 3.05) is 12.4 Å². The van der Waals surface area contributed by atoms with Gasteiger partial charge in [0.2, 0.25) is 0 Å². The Hall–Kier alpha value is -1.88. The third-order valence-corrected chi connectivity index (χ3v) is 3.54. The van der Waals surface area contributed by atoms with Crippen LogP contribution in [0.25, 0.3) is 0 Å². The first-order valence-electron chi connectivity index (χ1n) is 5.48. The van der Waals surface area contributed by atoms with E-state index in [1.54, 1.807) is 25.4 Å². The van der Waals surface area contributed by atoms with Gasteiger partial charge in [-0.2, -0.15) is 0 Å². The van der Waals surface area contributed by atoms with Crippen molar-refractivity contribution in [3.63, 3.8) is 0 Å². The Labute approximate surface area is 110 Å². The fourth-order valence-corrected chi connectivity index (χ4v) is 2.24. The molecule has 0 spiro atoms. The lowest BCUT2D eigenvalue weighted by Gasteiger charge is -2.11. The van der Waals surface area contributed by atoms with Crippen molar-refractivity contribution in [2.24, 2.45) is 0 Å². The number of anilines is 1. The van der Waals surface area contributed by atoms with E-state index in [4.69, 9.17) is 4.74 Å². The maximum atomic E-state index is 12.1. The number of carbonyl (C=O) groups is 1. The highest BCUT2D eigenvalue weighted by atomic mass is 32.1. The molecule has 1 amide bonds. The average Bonchev–Trinajstić information content (AvgIpc) is 2.85. The number of ether oxygens (including phenoxy) is 1. The molecule has 4 nitrogen and oxygen atoms in total. The number of hydrogen-bond acceptors (Lipinski definition) is 4. The molecule has 0 atom stereocenters. The maximum Gasteiger partial charge on any atom is 0.257 e. The van der Waals surface area contributed by atoms with Crippen molar-refractivity contribution < 1.29 is 9.53 Å². The molecule has 1 aromatic carbocycles. The normalized spacial score (nSPS) is 10.2. The van der Waals surface area contributed by atoms with Gasteiger partial charge in [0.1, 0.15) is 5.75 Å². The van der Waals surface area contributed by atoms with E-state index in [-0.39, 0.29) is 5.91 Å². The molecule has 0 saturated carbocycles. The zero-order valence-electron chi connectivity index (χ0n) is 10.5. The van der Waals surface area contributed by atoms with Gasteiger partial charge < -0.3 is 4.74 Å². The number of aromatic nitrogens is 1. The molecule has 0 bridgehead atoms. The molecular formula is C13H14N2O2S. The monoisotopic (exact) mass is 262 g/mol. The van der Waals surface area contributed by atoms with Crippen LogP contribution in [-0.2, 0) is 0 Å². The zero-order chi connectivity index (χ0) is 13.1. The number of nitrogens with zero attached hydrogens (tertiary/aromatic N) is 1. The summed E-state index contributed by atoms with van der Waals surface area (Å²) in [6.45, 7) is 3.85. The van der Waals surface area contributed by atoms with E-state index in [2.05, 4.69) is 10.3 Å². The van der Waals surface area contributed by atoms with Gasteiger partial charge in [0.25, 0.3) is 5.91 Å². The number of carbonyl (C=O) groups excluding carboxylic acids is 1. The quantitative estimate of drug-likeness (QED) is 0.925. The molecule has 5 heteroatoms. The molecule has 0 aliphatic heterocycles. The average molecular weight is 262 g/mol. The van der Waals surface area contributed by atoms with Crippen LogP contribution in [0.4, 0.5) is 5.13 Å². The van der Waals surface area contributed by atoms with Crippen LogP contribution in [0.2, 0.25) is 0 Å². The van der Waals surface area contributed by atoms with E-state index < -0.39 is 0 Å². The van der Waals surface area contributed by atoms with Crippen molar-refractivity contribution >= 4 is 22.4 Å². The molecule has 0 aliphatic rings. The van der Waals surface area contributed by atoms with Crippen LogP contribution in [0, 0.1) is 13.8 Å². The summed E-state index contributed by atoms with van der Waals surface area (Å²) in [5.74, 6) is 0.645. The lowest BCUT2D eigenvalue weighted by atomic mass is 10.0. The van der Waals surface area contributed by atoms with Gasteiger partial charge in [-0.05, 0) is 37.1 Å². The van der Waals surface area contributed by atoms with E-state index in [1.807, 2.05) is 19.2 Å². The number of nitrogens with one attached hydrogen (secondary N) is 1. The molecule has 94 valence electrons. The van der Waals surface area contributed by atoms with Crippen LogP contribution >= 0.6 is 11.3 Å². The smallest absolute Gasteiger partial charge is 0.257 e. The number of rotatable bonds is 3. The summed E-state index contributed by atoms with van der Waals surface area (Å²) in [5, 5.41) is 5.20. The molecule has 1 heterocycles. The summed E-state index contributed by atoms with van der Waals surface area (Å²) in [6.07, 6.45) is 1.66. The molecule has 1 N–H and O–H groups in total. The molecule has 2 aromatic rings. The third kappa shape index (κ3) is 2.36. The highest BCUT2D eigenvalue weighted by Gasteiger charge is 2.14. The lowest BCUT2D eigenvalue weighted by molar-refractivity contribution is 0.102. The largest absolute Gasteiger partial charge is 0.496 e. The van der Waals surface area contributed by atoms with E-state index in [0.717, 1.165) is 16.9 Å². The number of thiazole rings is 1. The Balaban J connectivity index is 2.28. The van der Waals surface area contributed by atoms with Crippen molar-refractivity contribution in [1.82, 2.24) is 4.98 Å². The summed E-state index contributed by atoms with van der Waals surface area (Å²) in [6, 6.07) is 3.57. The Morgan fingerprint density at radius 3 is 2.72 bits per heavy atom. The molecule has 0 radical (unpaired) electrons. The van der Waals surface area contributed by atoms with Crippen LogP contribution in [0.1, 0.15) is 21.5 Å². The Morgan fingerprint density at radius 1 is 1.33 bits per heavy atom. The second kappa shape index (κ2) is 5.18. The number of hydrogen-bond donors (Lipinski definition) is 1. The number of methoxy groups -OCH3 is 1. The van der Waals surface area contributed by atoms with E-state index in [9.17, 15) is 4.79 Å². The summed E-state index contributed by atoms with van der Waals surface area (Å²) in [4.78, 5) is 16.1. The molecule has 2 rings (SSSR count). The maximum absolute atomic E-state index is 12.1. The first-order valence-corrected chi connectivity index (χ1v) is 6.36. The molecular weight excluding hydrogens is 248 g/mol. The van der Waals surface area contributed by atoms with Crippen molar-refractivity contribution in [1.29, 1.82) is 0 Å². The molecule has 0 saturated heterocycles. The lowest BCUT2D eigenvalue weighted by Crippen LogP contribution is -2.14. The predicted molar refractivity (Wildman–Crippen MR) is 72.5 cm³/mol. The van der Waals surface area contributed by atoms with Gasteiger partial charge in [0, 0.05) is 17.1 Å². The molecule has 0 fully saturated rings. The van der Waals surface area contributed by atoms with Crippen LogP contribution < -0.4 is 10.1 Å². The molecule has 0 unspecified atom stereocenters. The van der Waals surface area contributed by atoms with Gasteiger partial charge >= 0.3 is 0 Å². The molecule has 18 heavy (non-hydrogen) atoms. The number of amides is 1. The van der Waals surface area contributed by atoms with Crippen LogP contribution in [0.5, 0.6) is 5.75 Å². The number of benzene rings is 1. The minimum absolute atomic E-state index is 0.145. The highest BCUT2D eigenvalue weighted by Crippen LogP contribution is 2.24. The summed E-state index contributed by atoms with van der Waals surface area (Å²) in [7, 11) is 1.62. The zero-order valence-corrected chi connectivity index (χ0v) is 11.3. The van der Waals surface area contributed by atoms with Gasteiger partial charge in [-0.25, -0.2) is 4.98 Å². The summed E-state index contributed by atoms with van der Waals surface area (Å²) in [5.41, 5.74) is 2.54. The fraction of sp³-hybridized carbons (Fsp3) is 0.231. The standard InChI is InChI=1S/C13H14N2O2S/c1-8-9(2)11(17-3)5-4-10(8)12(16)15-13-14-6-7-18-13/h4-7H,1-3H3,(H,14,15,16). The SMILES string of the molecule is COc1ccc(C(=O)Nc2nccs2)c(C)c1C. The van der Waals surface area contributed by atoms with Gasteiger partial charge in [-0.15, -0.1) is 11.3 Å². The molecule has 0 aliphatic carbocycles. The van der Waals surface area contributed by atoms with Crippen LogP contribution in [-0.4, -0.2) is 18.0 Å². The van der Waals surface area contributed by atoms with Crippen LogP contribution in [0.15, 0.2) is 23.7 Å². The Kier molecular flexibility index (Phi) is 3.62. The first-order chi connectivity index (χ1) is 8.63. The minimum atomic E-state index is -0.145. The topological polar surface area (TPSA) is 51.2 Å². The van der Waals surface area contributed by atoms with Crippen molar-refractivity contribution in [3.05, 3.63) is 40.4 Å². The summed E-state index contributed by atoms with van der Waals surface area (Å²) < 4.78 is 5.22. The Morgan fingerprint density at radius 2 is 2.11 bits per heavy atom. The second-order valence-electron chi connectivity index (χ2n) is 3.86. The second-order valence-corrected chi connectivity index (χ2v) is 4.75. The molecule has 1 aromatic heterocycles. The van der Waals surface area contributed by atoms with Gasteiger partial charge in [-0.1, -0.05) is 0 Å². The van der Waals surface area contributed by atoms with E-state index in [1.165, 1.54) is 11.3 Å². The summed E-state index contributed by atoms with van der Waals surface area (Å²) >= 11 is 1.40. The van der Waals surface area contributed by atoms with E-state index >= 15 is 0 Å². The highest BCUT2D eigenvalue weighted by molar-refractivity contribution is 7.13. The third-order valence-electron chi connectivity index (χ3n) is 2.85. The fourth-order valence-electron chi connectivity index (χ4n) is 1.71. The van der Waals surface area contributed by atoms with Crippen molar-refractivity contribution in [3.8, 4) is 5.75 Å². The van der Waals surface area contributed by atoms with E-state index in [0.29, 0.717) is 10.7 Å². The first kappa shape index (κ1) is 12.6. The van der Waals surface area contributed by atoms with Gasteiger partial charge in [0.15, 0.2) is 5.13 Å². The van der Waals surface area contributed by atoms with Gasteiger partial charge in [-0.3, -0.25) is 10.1 Å². The Bertz CT molecular complexity index is 565. The van der Waals surface area contributed by atoms with Crippen LogP contribution in [0.3, 0.4) is 0 Å².